The van der Waals surface area contributed by atoms with Gasteiger partial charge in [0.2, 0.25) is 15.9 Å². The van der Waals surface area contributed by atoms with Crippen LogP contribution in [0.5, 0.6) is 0 Å². The highest BCUT2D eigenvalue weighted by Crippen LogP contribution is 2.37. The number of carbonyl (C=O) groups is 1. The van der Waals surface area contributed by atoms with Gasteiger partial charge in [-0.2, -0.15) is 0 Å². The Morgan fingerprint density at radius 3 is 2.42 bits per heavy atom. The normalized spacial score (nSPS) is 28.1. The van der Waals surface area contributed by atoms with E-state index >= 15 is 0 Å². The third-order valence-electron chi connectivity index (χ3n) is 3.93. The van der Waals surface area contributed by atoms with E-state index in [1.807, 2.05) is 13.8 Å². The molecule has 0 unspecified atom stereocenters. The Morgan fingerprint density at radius 1 is 1.37 bits per heavy atom. The molecule has 0 bridgehead atoms. The first kappa shape index (κ1) is 16.4. The highest BCUT2D eigenvalue weighted by Gasteiger charge is 2.39. The van der Waals surface area contributed by atoms with E-state index in [0.717, 1.165) is 19.3 Å². The van der Waals surface area contributed by atoms with E-state index in [9.17, 15) is 13.2 Å². The molecule has 5 nitrogen and oxygen atoms in total. The van der Waals surface area contributed by atoms with Crippen molar-refractivity contribution in [2.45, 2.75) is 58.5 Å². The molecule has 0 heterocycles. The number of rotatable bonds is 6. The number of amides is 1. The van der Waals surface area contributed by atoms with Gasteiger partial charge in [0.1, 0.15) is 0 Å². The van der Waals surface area contributed by atoms with Crippen molar-refractivity contribution < 1.29 is 17.9 Å². The van der Waals surface area contributed by atoms with E-state index in [4.69, 9.17) is 4.74 Å². The number of nitrogens with one attached hydrogen (secondary N) is 1. The summed E-state index contributed by atoms with van der Waals surface area (Å²) < 4.78 is 31.0. The van der Waals surface area contributed by atoms with Crippen LogP contribution in [0.1, 0.15) is 52.4 Å². The lowest BCUT2D eigenvalue weighted by Crippen LogP contribution is -2.45. The third kappa shape index (κ3) is 4.76. The summed E-state index contributed by atoms with van der Waals surface area (Å²) in [6.45, 7) is 3.76. The molecule has 112 valence electrons. The summed E-state index contributed by atoms with van der Waals surface area (Å²) in [6.07, 6.45) is 4.50. The Morgan fingerprint density at radius 2 is 1.95 bits per heavy atom. The molecule has 1 aliphatic rings. The Hall–Kier alpha value is -0.620. The van der Waals surface area contributed by atoms with E-state index < -0.39 is 15.4 Å². The number of hydrogen-bond acceptors (Lipinski definition) is 4. The van der Waals surface area contributed by atoms with E-state index in [1.54, 1.807) is 7.11 Å². The summed E-state index contributed by atoms with van der Waals surface area (Å²) in [4.78, 5) is 12.2. The lowest BCUT2D eigenvalue weighted by Gasteiger charge is -2.35. The van der Waals surface area contributed by atoms with Crippen molar-refractivity contribution in [2.24, 2.45) is 5.41 Å². The molecule has 0 aromatic heterocycles. The predicted molar refractivity (Wildman–Crippen MR) is 74.2 cm³/mol. The molecule has 1 rings (SSSR count). The maximum absolute atomic E-state index is 12.2. The van der Waals surface area contributed by atoms with Crippen LogP contribution in [-0.2, 0) is 19.6 Å². The maximum atomic E-state index is 12.2. The van der Waals surface area contributed by atoms with Crippen LogP contribution in [0.15, 0.2) is 0 Å². The van der Waals surface area contributed by atoms with Crippen LogP contribution in [-0.4, -0.2) is 33.3 Å². The van der Waals surface area contributed by atoms with E-state index in [-0.39, 0.29) is 17.8 Å². The predicted octanol–water partition coefficient (Wildman–Crippen LogP) is 1.83. The first-order valence-corrected chi connectivity index (χ1v) is 8.56. The topological polar surface area (TPSA) is 72.5 Å². The first-order chi connectivity index (χ1) is 8.83. The van der Waals surface area contributed by atoms with Gasteiger partial charge in [0, 0.05) is 12.5 Å². The minimum atomic E-state index is -3.48. The summed E-state index contributed by atoms with van der Waals surface area (Å²) in [5.41, 5.74) is -0.589. The van der Waals surface area contributed by atoms with Gasteiger partial charge in [-0.1, -0.05) is 20.3 Å². The van der Waals surface area contributed by atoms with E-state index in [0.29, 0.717) is 19.3 Å². The molecule has 0 radical (unpaired) electrons. The summed E-state index contributed by atoms with van der Waals surface area (Å²) in [6, 6.07) is 0. The highest BCUT2D eigenvalue weighted by atomic mass is 32.2. The van der Waals surface area contributed by atoms with Gasteiger partial charge in [-0.05, 0) is 32.1 Å². The van der Waals surface area contributed by atoms with Crippen molar-refractivity contribution >= 4 is 15.9 Å². The molecular weight excluding hydrogens is 266 g/mol. The van der Waals surface area contributed by atoms with E-state index in [2.05, 4.69) is 4.72 Å². The Balaban J connectivity index is 2.58. The van der Waals surface area contributed by atoms with Crippen molar-refractivity contribution in [3.63, 3.8) is 0 Å². The summed E-state index contributed by atoms with van der Waals surface area (Å²) in [7, 11) is -1.81. The standard InChI is InChI=1S/C13H25NO4S/c1-4-5-10-19(16,17)14-12(15)13(2)8-6-11(18-3)7-9-13/h11H,4-10H2,1-3H3,(H,14,15). The molecule has 0 aliphatic heterocycles. The molecule has 1 amide bonds. The van der Waals surface area contributed by atoms with Crippen LogP contribution in [0, 0.1) is 5.41 Å². The zero-order chi connectivity index (χ0) is 14.5. The number of carbonyl (C=O) groups excluding carboxylic acids is 1. The summed E-state index contributed by atoms with van der Waals surface area (Å²) >= 11 is 0. The number of unbranched alkanes of at least 4 members (excludes halogenated alkanes) is 1. The van der Waals surface area contributed by atoms with Crippen molar-refractivity contribution in [1.29, 1.82) is 0 Å². The molecule has 19 heavy (non-hydrogen) atoms. The minimum Gasteiger partial charge on any atom is -0.381 e. The highest BCUT2D eigenvalue weighted by molar-refractivity contribution is 7.90. The monoisotopic (exact) mass is 291 g/mol. The summed E-state index contributed by atoms with van der Waals surface area (Å²) in [5.74, 6) is -0.343. The Bertz CT molecular complexity index is 397. The van der Waals surface area contributed by atoms with Crippen LogP contribution >= 0.6 is 0 Å². The minimum absolute atomic E-state index is 0.0199. The van der Waals surface area contributed by atoms with Crippen LogP contribution in [0.3, 0.4) is 0 Å². The van der Waals surface area contributed by atoms with Gasteiger partial charge in [0.05, 0.1) is 11.9 Å². The quantitative estimate of drug-likeness (QED) is 0.810. The maximum Gasteiger partial charge on any atom is 0.239 e. The van der Waals surface area contributed by atoms with Gasteiger partial charge in [0.15, 0.2) is 0 Å². The number of ether oxygens (including phenoxy) is 1. The first-order valence-electron chi connectivity index (χ1n) is 6.90. The van der Waals surface area contributed by atoms with Crippen LogP contribution < -0.4 is 4.72 Å². The fraction of sp³-hybridized carbons (Fsp3) is 0.923. The zero-order valence-corrected chi connectivity index (χ0v) is 12.9. The molecule has 0 saturated heterocycles. The van der Waals surface area contributed by atoms with Gasteiger partial charge >= 0.3 is 0 Å². The molecule has 1 aliphatic carbocycles. The fourth-order valence-corrected chi connectivity index (χ4v) is 3.64. The number of sulfonamides is 1. The molecule has 1 fully saturated rings. The molecule has 0 atom stereocenters. The fourth-order valence-electron chi connectivity index (χ4n) is 2.34. The molecule has 0 aromatic carbocycles. The van der Waals surface area contributed by atoms with Crippen molar-refractivity contribution in [3.8, 4) is 0 Å². The lowest BCUT2D eigenvalue weighted by atomic mass is 9.74. The third-order valence-corrected chi connectivity index (χ3v) is 5.26. The molecule has 0 spiro atoms. The Kier molecular flexibility index (Phi) is 5.80. The second kappa shape index (κ2) is 6.70. The molecule has 6 heteroatoms. The average molecular weight is 291 g/mol. The Labute approximate surface area is 116 Å². The van der Waals surface area contributed by atoms with E-state index in [1.165, 1.54) is 0 Å². The lowest BCUT2D eigenvalue weighted by molar-refractivity contribution is -0.131. The molecular formula is C13H25NO4S. The van der Waals surface area contributed by atoms with Crippen LogP contribution in [0.2, 0.25) is 0 Å². The van der Waals surface area contributed by atoms with Crippen LogP contribution in [0.25, 0.3) is 0 Å². The van der Waals surface area contributed by atoms with Crippen molar-refractivity contribution in [2.75, 3.05) is 12.9 Å². The zero-order valence-electron chi connectivity index (χ0n) is 12.1. The van der Waals surface area contributed by atoms with Crippen molar-refractivity contribution in [3.05, 3.63) is 0 Å². The number of hydrogen-bond donors (Lipinski definition) is 1. The second-order valence-corrected chi connectivity index (χ2v) is 7.44. The second-order valence-electron chi connectivity index (χ2n) is 5.60. The molecule has 0 aromatic rings. The average Bonchev–Trinajstić information content (AvgIpc) is 2.37. The van der Waals surface area contributed by atoms with Crippen LogP contribution in [0.4, 0.5) is 0 Å². The summed E-state index contributed by atoms with van der Waals surface area (Å²) in [5, 5.41) is 0. The smallest absolute Gasteiger partial charge is 0.239 e. The van der Waals surface area contributed by atoms with Gasteiger partial charge in [-0.3, -0.25) is 9.52 Å². The molecule has 1 N–H and O–H groups in total. The SMILES string of the molecule is CCCCS(=O)(=O)NC(=O)C1(C)CCC(OC)CC1. The van der Waals surface area contributed by atoms with Gasteiger partial charge in [-0.15, -0.1) is 0 Å². The van der Waals surface area contributed by atoms with Gasteiger partial charge < -0.3 is 4.74 Å². The van der Waals surface area contributed by atoms with Gasteiger partial charge in [-0.25, -0.2) is 8.42 Å². The molecule has 1 saturated carbocycles. The number of methoxy groups -OCH3 is 1. The van der Waals surface area contributed by atoms with Gasteiger partial charge in [0.25, 0.3) is 0 Å². The largest absolute Gasteiger partial charge is 0.381 e. The van der Waals surface area contributed by atoms with Crippen molar-refractivity contribution in [1.82, 2.24) is 4.72 Å².